The maximum absolute atomic E-state index is 12.0. The van der Waals surface area contributed by atoms with Crippen molar-refractivity contribution in [1.82, 2.24) is 4.90 Å². The summed E-state index contributed by atoms with van der Waals surface area (Å²) in [5.41, 5.74) is 5.73. The number of carbonyl (C=O) groups is 2. The van der Waals surface area contributed by atoms with Crippen molar-refractivity contribution >= 4 is 11.9 Å². The molecule has 0 aliphatic carbocycles. The Morgan fingerprint density at radius 2 is 2.06 bits per heavy atom. The Labute approximate surface area is 102 Å². The molecule has 0 aromatic carbocycles. The fraction of sp³-hybridized carbons (Fsp3) is 0.818. The van der Waals surface area contributed by atoms with E-state index < -0.39 is 12.0 Å². The number of carbonyl (C=O) groups excluding carboxylic acids is 1. The van der Waals surface area contributed by atoms with E-state index in [2.05, 4.69) is 0 Å². The first-order chi connectivity index (χ1) is 7.93. The van der Waals surface area contributed by atoms with Crippen LogP contribution in [0.3, 0.4) is 0 Å². The second-order valence-electron chi connectivity index (χ2n) is 3.96. The molecular weight excluding hydrogens is 224 g/mol. The fourth-order valence-corrected chi connectivity index (χ4v) is 1.63. The van der Waals surface area contributed by atoms with Crippen LogP contribution < -0.4 is 5.73 Å². The Bertz CT molecular complexity index is 258. The normalized spacial score (nSPS) is 14.1. The van der Waals surface area contributed by atoms with Gasteiger partial charge in [0.2, 0.25) is 5.91 Å². The Morgan fingerprint density at radius 3 is 2.47 bits per heavy atom. The minimum Gasteiger partial charge on any atom is -0.481 e. The number of carboxylic acids is 1. The van der Waals surface area contributed by atoms with Crippen LogP contribution in [0.15, 0.2) is 0 Å². The lowest BCUT2D eigenvalue weighted by Gasteiger charge is -2.29. The van der Waals surface area contributed by atoms with E-state index in [9.17, 15) is 9.59 Å². The lowest BCUT2D eigenvalue weighted by atomic mass is 10.1. The summed E-state index contributed by atoms with van der Waals surface area (Å²) in [5.74, 6) is -1.15. The van der Waals surface area contributed by atoms with E-state index >= 15 is 0 Å². The first kappa shape index (κ1) is 15.9. The van der Waals surface area contributed by atoms with Gasteiger partial charge in [0, 0.05) is 26.3 Å². The molecule has 0 radical (unpaired) electrons. The lowest BCUT2D eigenvalue weighted by Crippen LogP contribution is -2.48. The first-order valence-electron chi connectivity index (χ1n) is 5.70. The van der Waals surface area contributed by atoms with Gasteiger partial charge >= 0.3 is 5.97 Å². The Hall–Kier alpha value is -1.14. The number of carboxylic acid groups (broad SMARTS) is 1. The van der Waals surface area contributed by atoms with Crippen molar-refractivity contribution in [2.75, 3.05) is 20.3 Å². The molecule has 6 nitrogen and oxygen atoms in total. The number of methoxy groups -OCH3 is 1. The van der Waals surface area contributed by atoms with E-state index in [4.69, 9.17) is 15.6 Å². The van der Waals surface area contributed by atoms with Gasteiger partial charge in [0.05, 0.1) is 12.5 Å². The average Bonchev–Trinajstić information content (AvgIpc) is 2.25. The Morgan fingerprint density at radius 1 is 1.47 bits per heavy atom. The number of nitrogens with two attached hydrogens (primary N) is 1. The fourth-order valence-electron chi connectivity index (χ4n) is 1.63. The second-order valence-corrected chi connectivity index (χ2v) is 3.96. The largest absolute Gasteiger partial charge is 0.481 e. The molecule has 1 amide bonds. The van der Waals surface area contributed by atoms with Gasteiger partial charge in [-0.15, -0.1) is 0 Å². The summed E-state index contributed by atoms with van der Waals surface area (Å²) >= 11 is 0. The SMILES string of the molecule is CCN(C(=O)C(N)CCOC)C(C)CC(=O)O. The quantitative estimate of drug-likeness (QED) is 0.632. The highest BCUT2D eigenvalue weighted by Crippen LogP contribution is 2.07. The maximum atomic E-state index is 12.0. The van der Waals surface area contributed by atoms with Crippen LogP contribution in [-0.4, -0.2) is 54.2 Å². The highest BCUT2D eigenvalue weighted by molar-refractivity contribution is 5.82. The molecule has 0 aromatic heterocycles. The lowest BCUT2D eigenvalue weighted by molar-refractivity contribution is -0.141. The smallest absolute Gasteiger partial charge is 0.305 e. The van der Waals surface area contributed by atoms with E-state index in [-0.39, 0.29) is 18.4 Å². The van der Waals surface area contributed by atoms with Gasteiger partial charge in [0.15, 0.2) is 0 Å². The molecule has 0 spiro atoms. The second kappa shape index (κ2) is 8.03. The van der Waals surface area contributed by atoms with Gasteiger partial charge in [-0.3, -0.25) is 9.59 Å². The minimum absolute atomic E-state index is 0.0728. The van der Waals surface area contributed by atoms with E-state index in [1.807, 2.05) is 0 Å². The molecule has 0 aliphatic heterocycles. The van der Waals surface area contributed by atoms with Gasteiger partial charge < -0.3 is 20.5 Å². The molecule has 0 saturated heterocycles. The summed E-state index contributed by atoms with van der Waals surface area (Å²) in [5, 5.41) is 8.70. The Kier molecular flexibility index (Phi) is 7.49. The van der Waals surface area contributed by atoms with Crippen molar-refractivity contribution in [3.8, 4) is 0 Å². The van der Waals surface area contributed by atoms with Gasteiger partial charge in [0.25, 0.3) is 0 Å². The van der Waals surface area contributed by atoms with Crippen LogP contribution in [0, 0.1) is 0 Å². The third kappa shape index (κ3) is 5.65. The van der Waals surface area contributed by atoms with Gasteiger partial charge in [0.1, 0.15) is 0 Å². The van der Waals surface area contributed by atoms with Gasteiger partial charge in [-0.1, -0.05) is 0 Å². The molecule has 3 N–H and O–H groups in total. The summed E-state index contributed by atoms with van der Waals surface area (Å²) in [7, 11) is 1.54. The number of rotatable bonds is 8. The summed E-state index contributed by atoms with van der Waals surface area (Å²) in [6.07, 6.45) is 0.363. The number of amides is 1. The van der Waals surface area contributed by atoms with Crippen molar-refractivity contribution in [2.24, 2.45) is 5.73 Å². The van der Waals surface area contributed by atoms with Crippen LogP contribution in [0.1, 0.15) is 26.7 Å². The van der Waals surface area contributed by atoms with Gasteiger partial charge in [-0.25, -0.2) is 0 Å². The molecule has 2 atom stereocenters. The highest BCUT2D eigenvalue weighted by atomic mass is 16.5. The monoisotopic (exact) mass is 246 g/mol. The van der Waals surface area contributed by atoms with E-state index in [1.54, 1.807) is 21.0 Å². The van der Waals surface area contributed by atoms with Crippen LogP contribution in [0.4, 0.5) is 0 Å². The standard InChI is InChI=1S/C11H22N2O4/c1-4-13(8(2)7-10(14)15)11(16)9(12)5-6-17-3/h8-9H,4-7,12H2,1-3H3,(H,14,15). The molecule has 0 saturated carbocycles. The Balaban J connectivity index is 4.42. The number of nitrogens with zero attached hydrogens (tertiary/aromatic N) is 1. The van der Waals surface area contributed by atoms with Crippen LogP contribution >= 0.6 is 0 Å². The zero-order chi connectivity index (χ0) is 13.4. The van der Waals surface area contributed by atoms with Crippen LogP contribution in [0.25, 0.3) is 0 Å². The number of likely N-dealkylation sites (N-methyl/N-ethyl adjacent to an activating group) is 1. The molecule has 17 heavy (non-hydrogen) atoms. The number of ether oxygens (including phenoxy) is 1. The summed E-state index contributed by atoms with van der Waals surface area (Å²) in [6.45, 7) is 4.38. The molecule has 6 heteroatoms. The van der Waals surface area contributed by atoms with Crippen molar-refractivity contribution in [3.63, 3.8) is 0 Å². The van der Waals surface area contributed by atoms with Crippen molar-refractivity contribution in [3.05, 3.63) is 0 Å². The van der Waals surface area contributed by atoms with Crippen molar-refractivity contribution in [2.45, 2.75) is 38.8 Å². The third-order valence-corrected chi connectivity index (χ3v) is 2.58. The number of hydrogen-bond donors (Lipinski definition) is 2. The minimum atomic E-state index is -0.922. The molecule has 0 fully saturated rings. The molecule has 100 valence electrons. The molecule has 0 aliphatic rings. The predicted octanol–water partition coefficient (Wildman–Crippen LogP) is 0.0619. The van der Waals surface area contributed by atoms with E-state index in [1.165, 1.54) is 4.90 Å². The van der Waals surface area contributed by atoms with E-state index in [0.29, 0.717) is 19.6 Å². The van der Waals surface area contributed by atoms with Crippen LogP contribution in [-0.2, 0) is 14.3 Å². The van der Waals surface area contributed by atoms with Crippen molar-refractivity contribution < 1.29 is 19.4 Å². The molecular formula is C11H22N2O4. The first-order valence-corrected chi connectivity index (χ1v) is 5.70. The summed E-state index contributed by atoms with van der Waals surface area (Å²) < 4.78 is 4.86. The molecule has 0 bridgehead atoms. The average molecular weight is 246 g/mol. The van der Waals surface area contributed by atoms with Crippen LogP contribution in [0.2, 0.25) is 0 Å². The summed E-state index contributed by atoms with van der Waals surface area (Å²) in [4.78, 5) is 24.1. The zero-order valence-corrected chi connectivity index (χ0v) is 10.7. The molecule has 0 rings (SSSR count). The summed E-state index contributed by atoms with van der Waals surface area (Å²) in [6, 6.07) is -0.982. The molecule has 0 heterocycles. The number of hydrogen-bond acceptors (Lipinski definition) is 4. The highest BCUT2D eigenvalue weighted by Gasteiger charge is 2.25. The maximum Gasteiger partial charge on any atom is 0.305 e. The third-order valence-electron chi connectivity index (χ3n) is 2.58. The van der Waals surface area contributed by atoms with Crippen LogP contribution in [0.5, 0.6) is 0 Å². The van der Waals surface area contributed by atoms with Gasteiger partial charge in [-0.05, 0) is 20.3 Å². The molecule has 2 unspecified atom stereocenters. The van der Waals surface area contributed by atoms with Gasteiger partial charge in [-0.2, -0.15) is 0 Å². The van der Waals surface area contributed by atoms with Crippen molar-refractivity contribution in [1.29, 1.82) is 0 Å². The van der Waals surface area contributed by atoms with E-state index in [0.717, 1.165) is 0 Å². The topological polar surface area (TPSA) is 92.9 Å². The molecule has 0 aromatic rings. The number of aliphatic carboxylic acids is 1. The zero-order valence-electron chi connectivity index (χ0n) is 10.7. The predicted molar refractivity (Wildman–Crippen MR) is 63.6 cm³/mol.